The molecule has 0 saturated heterocycles. The first-order valence-electron chi connectivity index (χ1n) is 4.86. The monoisotopic (exact) mass is 254 g/mol. The summed E-state index contributed by atoms with van der Waals surface area (Å²) in [6, 6.07) is 1.12. The molecular formula is C12H8F2O4. The van der Waals surface area contributed by atoms with Crippen LogP contribution in [0.2, 0.25) is 0 Å². The van der Waals surface area contributed by atoms with Crippen LogP contribution in [0.25, 0.3) is 0 Å². The van der Waals surface area contributed by atoms with E-state index in [9.17, 15) is 18.4 Å². The Kier molecular flexibility index (Phi) is 4.38. The van der Waals surface area contributed by atoms with Gasteiger partial charge in [0, 0.05) is 12.0 Å². The van der Waals surface area contributed by atoms with E-state index in [0.29, 0.717) is 6.07 Å². The van der Waals surface area contributed by atoms with Crippen molar-refractivity contribution in [3.05, 3.63) is 34.9 Å². The van der Waals surface area contributed by atoms with Crippen LogP contribution in [0.5, 0.6) is 0 Å². The van der Waals surface area contributed by atoms with E-state index in [4.69, 9.17) is 5.11 Å². The molecule has 0 saturated carbocycles. The zero-order chi connectivity index (χ0) is 13.7. The molecule has 0 spiro atoms. The molecule has 0 unspecified atom stereocenters. The van der Waals surface area contributed by atoms with E-state index in [2.05, 4.69) is 10.7 Å². The Bertz CT molecular complexity index is 555. The van der Waals surface area contributed by atoms with E-state index in [0.717, 1.165) is 6.07 Å². The Morgan fingerprint density at radius 3 is 2.56 bits per heavy atom. The van der Waals surface area contributed by atoms with Gasteiger partial charge in [0.15, 0.2) is 0 Å². The first-order valence-corrected chi connectivity index (χ1v) is 4.86. The van der Waals surface area contributed by atoms with Crippen molar-refractivity contribution in [2.24, 2.45) is 0 Å². The Hall–Kier alpha value is -2.42. The molecule has 1 rings (SSSR count). The minimum Gasteiger partial charge on any atom is -0.478 e. The van der Waals surface area contributed by atoms with Gasteiger partial charge in [-0.3, -0.25) is 0 Å². The lowest BCUT2D eigenvalue weighted by Gasteiger charge is -1.99. The first-order chi connectivity index (χ1) is 8.45. The first kappa shape index (κ1) is 13.6. The van der Waals surface area contributed by atoms with Gasteiger partial charge in [-0.15, -0.1) is 0 Å². The van der Waals surface area contributed by atoms with Crippen molar-refractivity contribution >= 4 is 11.9 Å². The summed E-state index contributed by atoms with van der Waals surface area (Å²) in [5.41, 5.74) is -1.11. The smallest absolute Gasteiger partial charge is 0.384 e. The van der Waals surface area contributed by atoms with E-state index in [1.165, 1.54) is 0 Å². The van der Waals surface area contributed by atoms with Crippen molar-refractivity contribution in [2.75, 3.05) is 6.61 Å². The summed E-state index contributed by atoms with van der Waals surface area (Å²) in [5, 5.41) is 8.64. The molecule has 0 bridgehead atoms. The van der Waals surface area contributed by atoms with Gasteiger partial charge in [0.05, 0.1) is 17.7 Å². The number of ether oxygens (including phenoxy) is 1. The van der Waals surface area contributed by atoms with Crippen LogP contribution in [-0.2, 0) is 9.53 Å². The minimum atomic E-state index is -1.55. The average Bonchev–Trinajstić information content (AvgIpc) is 2.27. The van der Waals surface area contributed by atoms with Crippen LogP contribution in [0.3, 0.4) is 0 Å². The van der Waals surface area contributed by atoms with E-state index >= 15 is 0 Å². The number of hydrogen-bond acceptors (Lipinski definition) is 3. The van der Waals surface area contributed by atoms with Gasteiger partial charge in [0.2, 0.25) is 0 Å². The highest BCUT2D eigenvalue weighted by Crippen LogP contribution is 2.14. The fourth-order valence-corrected chi connectivity index (χ4v) is 1.09. The largest absolute Gasteiger partial charge is 0.478 e. The zero-order valence-corrected chi connectivity index (χ0v) is 9.29. The second-order valence-electron chi connectivity index (χ2n) is 3.09. The maximum atomic E-state index is 13.2. The fourth-order valence-electron chi connectivity index (χ4n) is 1.09. The van der Waals surface area contributed by atoms with Gasteiger partial charge in [0.25, 0.3) is 0 Å². The van der Waals surface area contributed by atoms with Gasteiger partial charge in [0.1, 0.15) is 11.6 Å². The molecule has 4 nitrogen and oxygen atoms in total. The van der Waals surface area contributed by atoms with Crippen LogP contribution < -0.4 is 0 Å². The van der Waals surface area contributed by atoms with Gasteiger partial charge in [-0.1, -0.05) is 5.92 Å². The van der Waals surface area contributed by atoms with Gasteiger partial charge in [-0.2, -0.15) is 0 Å². The average molecular weight is 254 g/mol. The number of halogens is 2. The lowest BCUT2D eigenvalue weighted by molar-refractivity contribution is -0.136. The Balaban J connectivity index is 3.13. The summed E-state index contributed by atoms with van der Waals surface area (Å²) in [4.78, 5) is 21.5. The molecule has 0 fully saturated rings. The van der Waals surface area contributed by atoms with Gasteiger partial charge in [-0.25, -0.2) is 18.4 Å². The summed E-state index contributed by atoms with van der Waals surface area (Å²) in [7, 11) is 0. The van der Waals surface area contributed by atoms with E-state index in [1.54, 1.807) is 6.92 Å². The van der Waals surface area contributed by atoms with Crippen LogP contribution in [0, 0.1) is 23.5 Å². The standard InChI is InChI=1S/C12H8F2O4/c1-2-18-11(15)4-3-7-5-8(12(16)17)10(14)6-9(7)13/h5-6H,2H2,1H3,(H,16,17). The van der Waals surface area contributed by atoms with E-state index < -0.39 is 29.1 Å². The maximum absolute atomic E-state index is 13.2. The lowest BCUT2D eigenvalue weighted by atomic mass is 10.1. The summed E-state index contributed by atoms with van der Waals surface area (Å²) >= 11 is 0. The number of rotatable bonds is 2. The van der Waals surface area contributed by atoms with Crippen molar-refractivity contribution in [3.63, 3.8) is 0 Å². The normalized spacial score (nSPS) is 9.28. The number of carbonyl (C=O) groups excluding carboxylic acids is 1. The summed E-state index contributed by atoms with van der Waals surface area (Å²) < 4.78 is 30.8. The van der Waals surface area contributed by atoms with Crippen molar-refractivity contribution in [2.45, 2.75) is 6.92 Å². The van der Waals surface area contributed by atoms with Crippen LogP contribution in [0.15, 0.2) is 12.1 Å². The molecule has 1 aromatic carbocycles. The SMILES string of the molecule is CCOC(=O)C#Cc1cc(C(=O)O)c(F)cc1F. The van der Waals surface area contributed by atoms with Crippen LogP contribution in [0.4, 0.5) is 8.78 Å². The number of carboxylic acids is 1. The molecule has 1 aromatic rings. The van der Waals surface area contributed by atoms with E-state index in [1.807, 2.05) is 5.92 Å². The third-order valence-corrected chi connectivity index (χ3v) is 1.86. The third-order valence-electron chi connectivity index (χ3n) is 1.86. The number of carboxylic acid groups (broad SMARTS) is 1. The highest BCUT2D eigenvalue weighted by atomic mass is 19.1. The second-order valence-corrected chi connectivity index (χ2v) is 3.09. The van der Waals surface area contributed by atoms with Crippen molar-refractivity contribution in [1.29, 1.82) is 0 Å². The highest BCUT2D eigenvalue weighted by Gasteiger charge is 2.14. The quantitative estimate of drug-likeness (QED) is 0.642. The molecule has 0 aromatic heterocycles. The Labute approximate surface area is 101 Å². The number of esters is 1. The molecule has 0 aliphatic rings. The molecule has 0 atom stereocenters. The molecule has 18 heavy (non-hydrogen) atoms. The van der Waals surface area contributed by atoms with Crippen LogP contribution >= 0.6 is 0 Å². The van der Waals surface area contributed by atoms with Gasteiger partial charge < -0.3 is 9.84 Å². The second kappa shape index (κ2) is 5.77. The summed E-state index contributed by atoms with van der Waals surface area (Å²) in [5.74, 6) is -0.630. The number of hydrogen-bond donors (Lipinski definition) is 1. The lowest BCUT2D eigenvalue weighted by Crippen LogP contribution is -2.03. The molecule has 0 amide bonds. The van der Waals surface area contributed by atoms with Crippen molar-refractivity contribution < 1.29 is 28.2 Å². The summed E-state index contributed by atoms with van der Waals surface area (Å²) in [6.07, 6.45) is 0. The topological polar surface area (TPSA) is 63.6 Å². The van der Waals surface area contributed by atoms with Crippen LogP contribution in [-0.4, -0.2) is 23.7 Å². The number of benzene rings is 1. The third kappa shape index (κ3) is 3.28. The molecule has 0 aliphatic carbocycles. The van der Waals surface area contributed by atoms with Crippen molar-refractivity contribution in [3.8, 4) is 11.8 Å². The minimum absolute atomic E-state index is 0.111. The molecule has 0 radical (unpaired) electrons. The molecule has 0 heterocycles. The highest BCUT2D eigenvalue weighted by molar-refractivity contribution is 5.90. The maximum Gasteiger partial charge on any atom is 0.384 e. The molecule has 94 valence electrons. The summed E-state index contributed by atoms with van der Waals surface area (Å²) in [6.45, 7) is 1.68. The molecule has 1 N–H and O–H groups in total. The van der Waals surface area contributed by atoms with Gasteiger partial charge in [-0.05, 0) is 13.0 Å². The predicted molar refractivity (Wildman–Crippen MR) is 56.8 cm³/mol. The van der Waals surface area contributed by atoms with E-state index in [-0.39, 0.29) is 12.2 Å². The van der Waals surface area contributed by atoms with Gasteiger partial charge >= 0.3 is 11.9 Å². The Morgan fingerprint density at radius 1 is 1.33 bits per heavy atom. The zero-order valence-electron chi connectivity index (χ0n) is 9.29. The van der Waals surface area contributed by atoms with Crippen LogP contribution in [0.1, 0.15) is 22.8 Å². The molecular weight excluding hydrogens is 246 g/mol. The Morgan fingerprint density at radius 2 is 2.00 bits per heavy atom. The molecule has 6 heteroatoms. The predicted octanol–water partition coefficient (Wildman–Crippen LogP) is 1.58. The van der Waals surface area contributed by atoms with Crippen molar-refractivity contribution in [1.82, 2.24) is 0 Å². The molecule has 0 aliphatic heterocycles. The fraction of sp³-hybridized carbons (Fsp3) is 0.167. The number of aromatic carboxylic acids is 1. The number of carbonyl (C=O) groups is 2.